The first-order valence-electron chi connectivity index (χ1n) is 5.39. The summed E-state index contributed by atoms with van der Waals surface area (Å²) in [5.41, 5.74) is -0.488. The molecule has 0 spiro atoms. The number of aryl methyl sites for hydroxylation is 1. The van der Waals surface area contributed by atoms with Crippen LogP contribution in [0.3, 0.4) is 0 Å². The second-order valence-electron chi connectivity index (χ2n) is 3.78. The van der Waals surface area contributed by atoms with E-state index in [1.54, 1.807) is 12.2 Å². The number of hydrogen-bond acceptors (Lipinski definition) is 3. The Kier molecular flexibility index (Phi) is 5.27. The number of aromatic nitrogens is 2. The van der Waals surface area contributed by atoms with E-state index < -0.39 is 18.8 Å². The Labute approximate surface area is 103 Å². The Morgan fingerprint density at radius 2 is 1.89 bits per heavy atom. The average molecular weight is 274 g/mol. The summed E-state index contributed by atoms with van der Waals surface area (Å²) in [7, 11) is -3.93. The maximum absolute atomic E-state index is 11.3. The monoisotopic (exact) mass is 274 g/mol. The molecular formula is C10H15N2O5P. The van der Waals surface area contributed by atoms with E-state index in [1.165, 1.54) is 6.20 Å². The SMILES string of the molecule is O=c1[nH]cc(CCC=CCCP(=O)(O)O)c(=O)[nH]1. The maximum Gasteiger partial charge on any atom is 0.325 e. The second kappa shape index (κ2) is 6.49. The standard InChI is InChI=1S/C10H15N2O5P/c13-9-8(7-11-10(14)12-9)5-3-1-2-4-6-18(15,16)17/h1-2,7H,3-6H2,(H2,15,16,17)(H2,11,12,13,14). The van der Waals surface area contributed by atoms with Crippen molar-refractivity contribution in [1.29, 1.82) is 0 Å². The third-order valence-corrected chi connectivity index (χ3v) is 3.07. The Hall–Kier alpha value is -1.43. The lowest BCUT2D eigenvalue weighted by Crippen LogP contribution is -2.24. The van der Waals surface area contributed by atoms with Gasteiger partial charge in [0.2, 0.25) is 0 Å². The zero-order valence-electron chi connectivity index (χ0n) is 9.63. The molecular weight excluding hydrogens is 259 g/mol. The highest BCUT2D eigenvalue weighted by molar-refractivity contribution is 7.51. The van der Waals surface area contributed by atoms with E-state index in [-0.39, 0.29) is 6.16 Å². The van der Waals surface area contributed by atoms with Crippen molar-refractivity contribution < 1.29 is 14.4 Å². The quantitative estimate of drug-likeness (QED) is 0.433. The molecule has 0 aliphatic rings. The van der Waals surface area contributed by atoms with Crippen molar-refractivity contribution in [2.24, 2.45) is 0 Å². The largest absolute Gasteiger partial charge is 0.325 e. The van der Waals surface area contributed by atoms with Crippen molar-refractivity contribution >= 4 is 7.60 Å². The molecule has 0 radical (unpaired) electrons. The van der Waals surface area contributed by atoms with Crippen LogP contribution < -0.4 is 11.2 Å². The predicted octanol–water partition coefficient (Wildman–Crippen LogP) is 0.120. The Morgan fingerprint density at radius 3 is 2.50 bits per heavy atom. The molecule has 18 heavy (non-hydrogen) atoms. The fourth-order valence-electron chi connectivity index (χ4n) is 1.34. The molecule has 0 aromatic carbocycles. The van der Waals surface area contributed by atoms with Gasteiger partial charge in [-0.05, 0) is 19.3 Å². The summed E-state index contributed by atoms with van der Waals surface area (Å²) in [6.07, 6.45) is 5.92. The summed E-state index contributed by atoms with van der Waals surface area (Å²) < 4.78 is 10.5. The normalized spacial score (nSPS) is 12.1. The summed E-state index contributed by atoms with van der Waals surface area (Å²) in [4.78, 5) is 43.8. The third kappa shape index (κ3) is 5.77. The molecule has 0 bridgehead atoms. The van der Waals surface area contributed by atoms with Gasteiger partial charge in [0.15, 0.2) is 0 Å². The molecule has 0 aliphatic carbocycles. The molecule has 1 heterocycles. The van der Waals surface area contributed by atoms with Crippen LogP contribution >= 0.6 is 7.60 Å². The predicted molar refractivity (Wildman–Crippen MR) is 66.7 cm³/mol. The fraction of sp³-hybridized carbons (Fsp3) is 0.400. The molecule has 0 saturated carbocycles. The van der Waals surface area contributed by atoms with Crippen molar-refractivity contribution in [3.8, 4) is 0 Å². The van der Waals surface area contributed by atoms with Crippen molar-refractivity contribution in [3.05, 3.63) is 44.8 Å². The van der Waals surface area contributed by atoms with E-state index in [9.17, 15) is 14.2 Å². The van der Waals surface area contributed by atoms with E-state index in [0.717, 1.165) is 0 Å². The molecule has 7 nitrogen and oxygen atoms in total. The third-order valence-electron chi connectivity index (χ3n) is 2.23. The van der Waals surface area contributed by atoms with Crippen LogP contribution in [0.25, 0.3) is 0 Å². The van der Waals surface area contributed by atoms with Crippen molar-refractivity contribution in [3.63, 3.8) is 0 Å². The van der Waals surface area contributed by atoms with Crippen LogP contribution in [0.2, 0.25) is 0 Å². The molecule has 0 aliphatic heterocycles. The fourth-order valence-corrected chi connectivity index (χ4v) is 1.83. The van der Waals surface area contributed by atoms with Crippen LogP contribution in [0.1, 0.15) is 18.4 Å². The van der Waals surface area contributed by atoms with Gasteiger partial charge in [0.1, 0.15) is 0 Å². The lowest BCUT2D eigenvalue weighted by atomic mass is 10.2. The first-order valence-corrected chi connectivity index (χ1v) is 7.19. The lowest BCUT2D eigenvalue weighted by Gasteiger charge is -1.99. The number of allylic oxidation sites excluding steroid dienone is 2. The van der Waals surface area contributed by atoms with E-state index in [1.807, 2.05) is 0 Å². The van der Waals surface area contributed by atoms with Crippen molar-refractivity contribution in [2.45, 2.75) is 19.3 Å². The zero-order chi connectivity index (χ0) is 13.6. The van der Waals surface area contributed by atoms with Gasteiger partial charge < -0.3 is 14.8 Å². The van der Waals surface area contributed by atoms with Crippen molar-refractivity contribution in [2.75, 3.05) is 6.16 Å². The summed E-state index contributed by atoms with van der Waals surface area (Å²) in [5.74, 6) is 0. The molecule has 0 amide bonds. The molecule has 4 N–H and O–H groups in total. The number of aromatic amines is 2. The van der Waals surface area contributed by atoms with Crippen LogP contribution in [0.15, 0.2) is 27.9 Å². The Morgan fingerprint density at radius 1 is 1.22 bits per heavy atom. The molecule has 1 aromatic rings. The van der Waals surface area contributed by atoms with Crippen LogP contribution in [0.5, 0.6) is 0 Å². The Bertz CT molecular complexity index is 568. The van der Waals surface area contributed by atoms with Gasteiger partial charge in [0.25, 0.3) is 5.56 Å². The van der Waals surface area contributed by atoms with Gasteiger partial charge in [-0.15, -0.1) is 0 Å². The minimum Gasteiger partial charge on any atom is -0.324 e. The summed E-state index contributed by atoms with van der Waals surface area (Å²) >= 11 is 0. The number of hydrogen-bond donors (Lipinski definition) is 4. The first kappa shape index (κ1) is 14.6. The topological polar surface area (TPSA) is 123 Å². The van der Waals surface area contributed by atoms with Gasteiger partial charge in [-0.1, -0.05) is 12.2 Å². The smallest absolute Gasteiger partial charge is 0.324 e. The highest BCUT2D eigenvalue weighted by Gasteiger charge is 2.09. The second-order valence-corrected chi connectivity index (χ2v) is 5.56. The highest BCUT2D eigenvalue weighted by atomic mass is 31.2. The van der Waals surface area contributed by atoms with Gasteiger partial charge in [-0.25, -0.2) is 4.79 Å². The summed E-state index contributed by atoms with van der Waals surface area (Å²) in [6.45, 7) is 0. The van der Waals surface area contributed by atoms with Crippen LogP contribution in [-0.4, -0.2) is 25.9 Å². The Balaban J connectivity index is 2.38. The molecule has 100 valence electrons. The van der Waals surface area contributed by atoms with Crippen LogP contribution in [0, 0.1) is 0 Å². The van der Waals surface area contributed by atoms with E-state index in [0.29, 0.717) is 24.8 Å². The summed E-state index contributed by atoms with van der Waals surface area (Å²) in [5, 5.41) is 0. The number of rotatable bonds is 6. The lowest BCUT2D eigenvalue weighted by molar-refractivity contribution is 0.373. The molecule has 8 heteroatoms. The van der Waals surface area contributed by atoms with Crippen LogP contribution in [-0.2, 0) is 11.0 Å². The average Bonchev–Trinajstić information content (AvgIpc) is 2.24. The summed E-state index contributed by atoms with van der Waals surface area (Å²) in [6, 6.07) is 0. The number of H-pyrrole nitrogens is 2. The molecule has 1 rings (SSSR count). The molecule has 1 aromatic heterocycles. The maximum atomic E-state index is 11.3. The minimum absolute atomic E-state index is 0.178. The first-order chi connectivity index (χ1) is 8.38. The number of nitrogens with one attached hydrogen (secondary N) is 2. The minimum atomic E-state index is -3.93. The van der Waals surface area contributed by atoms with Gasteiger partial charge in [0, 0.05) is 11.8 Å². The molecule has 0 saturated heterocycles. The van der Waals surface area contributed by atoms with E-state index in [2.05, 4.69) is 9.97 Å². The zero-order valence-corrected chi connectivity index (χ0v) is 10.5. The van der Waals surface area contributed by atoms with Gasteiger partial charge in [0.05, 0.1) is 6.16 Å². The highest BCUT2D eigenvalue weighted by Crippen LogP contribution is 2.34. The van der Waals surface area contributed by atoms with Gasteiger partial charge in [-0.2, -0.15) is 0 Å². The molecule has 0 unspecified atom stereocenters. The van der Waals surface area contributed by atoms with Crippen LogP contribution in [0.4, 0.5) is 0 Å². The van der Waals surface area contributed by atoms with E-state index >= 15 is 0 Å². The molecule has 0 atom stereocenters. The van der Waals surface area contributed by atoms with Gasteiger partial charge >= 0.3 is 13.3 Å². The van der Waals surface area contributed by atoms with Crippen molar-refractivity contribution in [1.82, 2.24) is 9.97 Å². The molecule has 0 fully saturated rings. The van der Waals surface area contributed by atoms with E-state index in [4.69, 9.17) is 9.79 Å². The van der Waals surface area contributed by atoms with Gasteiger partial charge in [-0.3, -0.25) is 14.3 Å².